The van der Waals surface area contributed by atoms with Crippen LogP contribution in [0.5, 0.6) is 0 Å². The average molecular weight is 382 g/mol. The highest BCUT2D eigenvalue weighted by Gasteiger charge is 2.09. The predicted octanol–water partition coefficient (Wildman–Crippen LogP) is 0.809. The van der Waals surface area contributed by atoms with Gasteiger partial charge in [-0.1, -0.05) is 24.3 Å². The molecule has 7 nitrogen and oxygen atoms in total. The van der Waals surface area contributed by atoms with Crippen molar-refractivity contribution in [3.8, 4) is 0 Å². The number of sulfonamides is 1. The van der Waals surface area contributed by atoms with Crippen LogP contribution in [0.3, 0.4) is 0 Å². The van der Waals surface area contributed by atoms with Gasteiger partial charge < -0.3 is 5.32 Å². The maximum Gasteiger partial charge on any atom is 0.251 e. The molecule has 0 atom stereocenters. The van der Waals surface area contributed by atoms with Crippen LogP contribution in [0.15, 0.2) is 53.4 Å². The van der Waals surface area contributed by atoms with Gasteiger partial charge in [0.15, 0.2) is 9.84 Å². The Morgan fingerprint density at radius 2 is 1.44 bits per heavy atom. The molecule has 0 saturated carbocycles. The van der Waals surface area contributed by atoms with Crippen LogP contribution in [0, 0.1) is 0 Å². The summed E-state index contributed by atoms with van der Waals surface area (Å²) in [4.78, 5) is 12.1. The molecule has 0 unspecified atom stereocenters. The number of hydrogen-bond donors (Lipinski definition) is 2. The van der Waals surface area contributed by atoms with Crippen molar-refractivity contribution in [3.63, 3.8) is 0 Å². The van der Waals surface area contributed by atoms with Gasteiger partial charge in [-0.15, -0.1) is 0 Å². The van der Waals surface area contributed by atoms with Gasteiger partial charge in [-0.05, 0) is 35.4 Å². The van der Waals surface area contributed by atoms with Gasteiger partial charge in [-0.25, -0.2) is 22.0 Å². The van der Waals surface area contributed by atoms with Crippen molar-refractivity contribution in [1.29, 1.82) is 0 Å². The van der Waals surface area contributed by atoms with Crippen LogP contribution in [0.2, 0.25) is 0 Å². The summed E-state index contributed by atoms with van der Waals surface area (Å²) in [6.07, 6.45) is 1.15. The molecule has 0 heterocycles. The van der Waals surface area contributed by atoms with E-state index in [-0.39, 0.29) is 23.1 Å². The Morgan fingerprint density at radius 3 is 1.92 bits per heavy atom. The Kier molecular flexibility index (Phi) is 5.61. The normalized spacial score (nSPS) is 11.9. The Bertz CT molecular complexity index is 964. The molecule has 1 amide bonds. The first-order valence-corrected chi connectivity index (χ1v) is 10.8. The summed E-state index contributed by atoms with van der Waals surface area (Å²) in [7, 11) is -6.86. The Morgan fingerprint density at radius 1 is 0.920 bits per heavy atom. The lowest BCUT2D eigenvalue weighted by molar-refractivity contribution is 0.0951. The molecule has 2 aromatic carbocycles. The first-order valence-electron chi connectivity index (χ1n) is 7.21. The fourth-order valence-electron chi connectivity index (χ4n) is 2.14. The van der Waals surface area contributed by atoms with Crippen LogP contribution in [-0.2, 0) is 32.2 Å². The fourth-order valence-corrected chi connectivity index (χ4v) is 3.45. The van der Waals surface area contributed by atoms with Gasteiger partial charge in [0.2, 0.25) is 10.0 Å². The number of benzene rings is 2. The third-order valence-electron chi connectivity index (χ3n) is 3.35. The van der Waals surface area contributed by atoms with Crippen molar-refractivity contribution in [3.05, 3.63) is 65.2 Å². The number of carbonyl (C=O) groups excluding carboxylic acids is 1. The summed E-state index contributed by atoms with van der Waals surface area (Å²) in [5.74, 6) is -0.396. The number of rotatable bonds is 6. The first-order chi connectivity index (χ1) is 11.5. The van der Waals surface area contributed by atoms with E-state index >= 15 is 0 Å². The van der Waals surface area contributed by atoms with Crippen molar-refractivity contribution in [2.24, 2.45) is 5.14 Å². The van der Waals surface area contributed by atoms with Crippen LogP contribution in [0.4, 0.5) is 0 Å². The lowest BCUT2D eigenvalue weighted by Gasteiger charge is -2.07. The number of sulfone groups is 1. The van der Waals surface area contributed by atoms with Gasteiger partial charge in [-0.2, -0.15) is 0 Å². The quantitative estimate of drug-likeness (QED) is 0.765. The first kappa shape index (κ1) is 19.1. The van der Waals surface area contributed by atoms with E-state index in [1.165, 1.54) is 12.1 Å². The van der Waals surface area contributed by atoms with Crippen molar-refractivity contribution in [2.45, 2.75) is 17.2 Å². The Balaban J connectivity index is 1.98. The number of carbonyl (C=O) groups is 1. The van der Waals surface area contributed by atoms with Crippen LogP contribution < -0.4 is 10.5 Å². The predicted molar refractivity (Wildman–Crippen MR) is 94.0 cm³/mol. The van der Waals surface area contributed by atoms with E-state index in [9.17, 15) is 21.6 Å². The van der Waals surface area contributed by atoms with Crippen molar-refractivity contribution >= 4 is 25.8 Å². The second-order valence-corrected chi connectivity index (χ2v) is 9.34. The van der Waals surface area contributed by atoms with Crippen LogP contribution in [0.25, 0.3) is 0 Å². The molecule has 2 aromatic rings. The standard InChI is InChI=1S/C16H18N2O5S2/c1-24(20,21)11-13-2-6-14(7-3-13)16(19)18-10-12-4-8-15(9-5-12)25(17,22)23/h2-9H,10-11H2,1H3,(H,18,19)(H2,17,22,23). The molecule has 0 aromatic heterocycles. The van der Waals surface area contributed by atoms with E-state index in [1.807, 2.05) is 0 Å². The summed E-state index contributed by atoms with van der Waals surface area (Å²) in [5.41, 5.74) is 1.73. The summed E-state index contributed by atoms with van der Waals surface area (Å²) in [6.45, 7) is 0.217. The summed E-state index contributed by atoms with van der Waals surface area (Å²) in [5, 5.41) is 7.72. The highest BCUT2D eigenvalue weighted by atomic mass is 32.2. The molecule has 25 heavy (non-hydrogen) atoms. The molecule has 2 rings (SSSR count). The molecule has 9 heteroatoms. The van der Waals surface area contributed by atoms with Gasteiger partial charge in [0.25, 0.3) is 5.91 Å². The molecule has 0 aliphatic heterocycles. The van der Waals surface area contributed by atoms with Gasteiger partial charge >= 0.3 is 0 Å². The number of amides is 1. The molecule has 0 spiro atoms. The van der Waals surface area contributed by atoms with E-state index in [4.69, 9.17) is 5.14 Å². The molecular weight excluding hydrogens is 364 g/mol. The number of hydrogen-bond acceptors (Lipinski definition) is 5. The zero-order valence-electron chi connectivity index (χ0n) is 13.5. The van der Waals surface area contributed by atoms with E-state index in [0.717, 1.165) is 11.8 Å². The molecule has 3 N–H and O–H groups in total. The average Bonchev–Trinajstić information content (AvgIpc) is 2.51. The van der Waals surface area contributed by atoms with E-state index in [0.29, 0.717) is 11.1 Å². The van der Waals surface area contributed by atoms with Gasteiger partial charge in [0.05, 0.1) is 10.6 Å². The topological polar surface area (TPSA) is 123 Å². The largest absolute Gasteiger partial charge is 0.348 e. The molecule has 0 aliphatic carbocycles. The Labute approximate surface area is 146 Å². The molecular formula is C16H18N2O5S2. The van der Waals surface area contributed by atoms with Crippen molar-refractivity contribution < 1.29 is 21.6 Å². The summed E-state index contributed by atoms with van der Waals surface area (Å²) in [6, 6.07) is 12.2. The monoisotopic (exact) mass is 382 g/mol. The minimum absolute atomic E-state index is 0.00374. The Hall–Kier alpha value is -2.23. The molecule has 134 valence electrons. The maximum absolute atomic E-state index is 12.1. The smallest absolute Gasteiger partial charge is 0.251 e. The number of primary sulfonamides is 1. The van der Waals surface area contributed by atoms with Crippen molar-refractivity contribution in [2.75, 3.05) is 6.26 Å². The minimum Gasteiger partial charge on any atom is -0.348 e. The lowest BCUT2D eigenvalue weighted by Crippen LogP contribution is -2.22. The summed E-state index contributed by atoms with van der Waals surface area (Å²) >= 11 is 0. The van der Waals surface area contributed by atoms with Crippen LogP contribution >= 0.6 is 0 Å². The van der Waals surface area contributed by atoms with Gasteiger partial charge in [0.1, 0.15) is 0 Å². The van der Waals surface area contributed by atoms with E-state index in [1.54, 1.807) is 36.4 Å². The van der Waals surface area contributed by atoms with Crippen molar-refractivity contribution in [1.82, 2.24) is 5.32 Å². The minimum atomic E-state index is -3.74. The molecule has 0 radical (unpaired) electrons. The molecule has 0 saturated heterocycles. The zero-order chi connectivity index (χ0) is 18.7. The van der Waals surface area contributed by atoms with Crippen LogP contribution in [0.1, 0.15) is 21.5 Å². The second-order valence-electron chi connectivity index (χ2n) is 5.64. The maximum atomic E-state index is 12.1. The zero-order valence-corrected chi connectivity index (χ0v) is 15.1. The number of nitrogens with one attached hydrogen (secondary N) is 1. The third-order valence-corrected chi connectivity index (χ3v) is 5.14. The van der Waals surface area contributed by atoms with Crippen LogP contribution in [-0.4, -0.2) is 29.0 Å². The van der Waals surface area contributed by atoms with E-state index < -0.39 is 19.9 Å². The molecule has 0 aliphatic rings. The second kappa shape index (κ2) is 7.34. The van der Waals surface area contributed by atoms with E-state index in [2.05, 4.69) is 5.32 Å². The SMILES string of the molecule is CS(=O)(=O)Cc1ccc(C(=O)NCc2ccc(S(N)(=O)=O)cc2)cc1. The molecule has 0 fully saturated rings. The molecule has 0 bridgehead atoms. The third kappa shape index (κ3) is 5.96. The lowest BCUT2D eigenvalue weighted by atomic mass is 10.1. The highest BCUT2D eigenvalue weighted by molar-refractivity contribution is 7.90. The fraction of sp³-hybridized carbons (Fsp3) is 0.188. The summed E-state index contributed by atoms with van der Waals surface area (Å²) < 4.78 is 44.8. The van der Waals surface area contributed by atoms with Gasteiger partial charge in [-0.3, -0.25) is 4.79 Å². The number of nitrogens with two attached hydrogens (primary N) is 1. The van der Waals surface area contributed by atoms with Gasteiger partial charge in [0, 0.05) is 18.4 Å². The highest BCUT2D eigenvalue weighted by Crippen LogP contribution is 2.10.